The van der Waals surface area contributed by atoms with E-state index in [4.69, 9.17) is 0 Å². The SMILES string of the molecule is C=CCCC(=O)NCCNC(=O)C1CC1. The van der Waals surface area contributed by atoms with Crippen LogP contribution in [0, 0.1) is 5.92 Å². The Morgan fingerprint density at radius 2 is 1.93 bits per heavy atom. The number of allylic oxidation sites excluding steroid dienone is 1. The smallest absolute Gasteiger partial charge is 0.223 e. The maximum absolute atomic E-state index is 11.2. The summed E-state index contributed by atoms with van der Waals surface area (Å²) in [4.78, 5) is 22.3. The van der Waals surface area contributed by atoms with E-state index in [1.165, 1.54) is 0 Å². The average Bonchev–Trinajstić information content (AvgIpc) is 3.04. The normalized spacial score (nSPS) is 14.4. The Hall–Kier alpha value is -1.32. The molecule has 0 atom stereocenters. The van der Waals surface area contributed by atoms with Crippen LogP contribution in [-0.2, 0) is 9.59 Å². The fraction of sp³-hybridized carbons (Fsp3) is 0.636. The lowest BCUT2D eigenvalue weighted by atomic mass is 10.3. The molecule has 15 heavy (non-hydrogen) atoms. The van der Waals surface area contributed by atoms with Crippen LogP contribution in [0.4, 0.5) is 0 Å². The van der Waals surface area contributed by atoms with E-state index in [1.807, 2.05) is 0 Å². The average molecular weight is 210 g/mol. The molecule has 0 unspecified atom stereocenters. The Bertz CT molecular complexity index is 247. The number of carbonyl (C=O) groups excluding carboxylic acids is 2. The van der Waals surface area contributed by atoms with Gasteiger partial charge in [-0.3, -0.25) is 9.59 Å². The highest BCUT2D eigenvalue weighted by atomic mass is 16.2. The van der Waals surface area contributed by atoms with Crippen molar-refractivity contribution in [2.24, 2.45) is 5.92 Å². The molecule has 2 amide bonds. The van der Waals surface area contributed by atoms with Gasteiger partial charge in [-0.05, 0) is 19.3 Å². The molecule has 4 nitrogen and oxygen atoms in total. The van der Waals surface area contributed by atoms with Crippen molar-refractivity contribution in [1.29, 1.82) is 0 Å². The van der Waals surface area contributed by atoms with Gasteiger partial charge in [-0.15, -0.1) is 6.58 Å². The number of carbonyl (C=O) groups is 2. The van der Waals surface area contributed by atoms with E-state index >= 15 is 0 Å². The number of rotatable bonds is 7. The maximum atomic E-state index is 11.2. The van der Waals surface area contributed by atoms with Gasteiger partial charge in [0.05, 0.1) is 0 Å². The first-order chi connectivity index (χ1) is 7.24. The minimum atomic E-state index is 0.00979. The van der Waals surface area contributed by atoms with Crippen molar-refractivity contribution in [3.05, 3.63) is 12.7 Å². The molecule has 1 fully saturated rings. The predicted molar refractivity (Wildman–Crippen MR) is 58.2 cm³/mol. The summed E-state index contributed by atoms with van der Waals surface area (Å²) in [5.74, 6) is 0.368. The summed E-state index contributed by atoms with van der Waals surface area (Å²) in [6.07, 6.45) is 4.91. The zero-order chi connectivity index (χ0) is 11.1. The van der Waals surface area contributed by atoms with Gasteiger partial charge in [-0.1, -0.05) is 6.08 Å². The molecule has 4 heteroatoms. The Balaban J connectivity index is 1.93. The highest BCUT2D eigenvalue weighted by Gasteiger charge is 2.28. The van der Waals surface area contributed by atoms with E-state index in [1.54, 1.807) is 6.08 Å². The van der Waals surface area contributed by atoms with Gasteiger partial charge in [0.25, 0.3) is 0 Å². The molecule has 0 saturated heterocycles. The second-order valence-corrected chi connectivity index (χ2v) is 3.74. The zero-order valence-corrected chi connectivity index (χ0v) is 8.92. The van der Waals surface area contributed by atoms with Gasteiger partial charge in [0.2, 0.25) is 11.8 Å². The molecule has 2 N–H and O–H groups in total. The summed E-state index contributed by atoms with van der Waals surface area (Å²) in [5, 5.41) is 5.51. The molecule has 84 valence electrons. The van der Waals surface area contributed by atoms with Gasteiger partial charge in [0, 0.05) is 25.4 Å². The van der Waals surface area contributed by atoms with E-state index in [2.05, 4.69) is 17.2 Å². The van der Waals surface area contributed by atoms with Crippen LogP contribution >= 0.6 is 0 Å². The van der Waals surface area contributed by atoms with E-state index in [0.29, 0.717) is 25.9 Å². The van der Waals surface area contributed by atoms with Crippen LogP contribution in [0.1, 0.15) is 25.7 Å². The molecular weight excluding hydrogens is 192 g/mol. The highest BCUT2D eigenvalue weighted by molar-refractivity contribution is 5.81. The Labute approximate surface area is 90.1 Å². The third-order valence-electron chi connectivity index (χ3n) is 2.27. The topological polar surface area (TPSA) is 58.2 Å². The van der Waals surface area contributed by atoms with Crippen LogP contribution in [-0.4, -0.2) is 24.9 Å². The van der Waals surface area contributed by atoms with Crippen molar-refractivity contribution in [3.63, 3.8) is 0 Å². The molecule has 0 radical (unpaired) electrons. The molecular formula is C11H18N2O2. The van der Waals surface area contributed by atoms with E-state index in [-0.39, 0.29) is 17.7 Å². The standard InChI is InChI=1S/C11H18N2O2/c1-2-3-4-10(14)12-7-8-13-11(15)9-5-6-9/h2,9H,1,3-8H2,(H,12,14)(H,13,15). The zero-order valence-electron chi connectivity index (χ0n) is 8.92. The van der Waals surface area contributed by atoms with Gasteiger partial charge < -0.3 is 10.6 Å². The van der Waals surface area contributed by atoms with Crippen LogP contribution in [0.2, 0.25) is 0 Å². The molecule has 0 aromatic rings. The molecule has 0 aromatic heterocycles. The lowest BCUT2D eigenvalue weighted by Gasteiger charge is -2.05. The van der Waals surface area contributed by atoms with E-state index < -0.39 is 0 Å². The summed E-state index contributed by atoms with van der Waals surface area (Å²) in [6, 6.07) is 0. The summed E-state index contributed by atoms with van der Waals surface area (Å²) >= 11 is 0. The minimum Gasteiger partial charge on any atom is -0.354 e. The number of amides is 2. The quantitative estimate of drug-likeness (QED) is 0.477. The first kappa shape index (κ1) is 11.8. The second kappa shape index (κ2) is 6.22. The van der Waals surface area contributed by atoms with Crippen molar-refractivity contribution >= 4 is 11.8 Å². The summed E-state index contributed by atoms with van der Waals surface area (Å²) in [5.41, 5.74) is 0. The van der Waals surface area contributed by atoms with Crippen LogP contribution in [0.3, 0.4) is 0 Å². The minimum absolute atomic E-state index is 0.00979. The third kappa shape index (κ3) is 5.20. The summed E-state index contributed by atoms with van der Waals surface area (Å²) < 4.78 is 0. The summed E-state index contributed by atoms with van der Waals surface area (Å²) in [6.45, 7) is 4.57. The molecule has 1 aliphatic rings. The van der Waals surface area contributed by atoms with Crippen LogP contribution in [0.5, 0.6) is 0 Å². The van der Waals surface area contributed by atoms with Crippen molar-refractivity contribution in [2.75, 3.05) is 13.1 Å². The molecule has 1 rings (SSSR count). The van der Waals surface area contributed by atoms with Crippen molar-refractivity contribution in [3.8, 4) is 0 Å². The number of hydrogen-bond acceptors (Lipinski definition) is 2. The molecule has 1 aliphatic carbocycles. The molecule has 0 aromatic carbocycles. The third-order valence-corrected chi connectivity index (χ3v) is 2.27. The lowest BCUT2D eigenvalue weighted by Crippen LogP contribution is -2.35. The van der Waals surface area contributed by atoms with Crippen molar-refractivity contribution < 1.29 is 9.59 Å². The van der Waals surface area contributed by atoms with Gasteiger partial charge in [0.15, 0.2) is 0 Å². The predicted octanol–water partition coefficient (Wildman–Crippen LogP) is 0.595. The van der Waals surface area contributed by atoms with Crippen LogP contribution < -0.4 is 10.6 Å². The molecule has 1 saturated carbocycles. The van der Waals surface area contributed by atoms with Crippen molar-refractivity contribution in [2.45, 2.75) is 25.7 Å². The Morgan fingerprint density at radius 1 is 1.27 bits per heavy atom. The first-order valence-corrected chi connectivity index (χ1v) is 5.39. The van der Waals surface area contributed by atoms with E-state index in [0.717, 1.165) is 12.8 Å². The molecule has 0 spiro atoms. The van der Waals surface area contributed by atoms with Gasteiger partial charge >= 0.3 is 0 Å². The monoisotopic (exact) mass is 210 g/mol. The molecule has 0 bridgehead atoms. The van der Waals surface area contributed by atoms with Gasteiger partial charge in [-0.2, -0.15) is 0 Å². The Morgan fingerprint density at radius 3 is 2.53 bits per heavy atom. The molecule has 0 heterocycles. The first-order valence-electron chi connectivity index (χ1n) is 5.39. The van der Waals surface area contributed by atoms with Gasteiger partial charge in [-0.25, -0.2) is 0 Å². The van der Waals surface area contributed by atoms with Gasteiger partial charge in [0.1, 0.15) is 0 Å². The van der Waals surface area contributed by atoms with Crippen molar-refractivity contribution in [1.82, 2.24) is 10.6 Å². The summed E-state index contributed by atoms with van der Waals surface area (Å²) in [7, 11) is 0. The Kier molecular flexibility index (Phi) is 4.87. The maximum Gasteiger partial charge on any atom is 0.223 e. The fourth-order valence-electron chi connectivity index (χ4n) is 1.20. The number of hydrogen-bond donors (Lipinski definition) is 2. The fourth-order valence-corrected chi connectivity index (χ4v) is 1.20. The lowest BCUT2D eigenvalue weighted by molar-refractivity contribution is -0.123. The number of nitrogens with one attached hydrogen (secondary N) is 2. The van der Waals surface area contributed by atoms with E-state index in [9.17, 15) is 9.59 Å². The highest BCUT2D eigenvalue weighted by Crippen LogP contribution is 2.28. The molecule has 0 aliphatic heterocycles. The largest absolute Gasteiger partial charge is 0.354 e. The second-order valence-electron chi connectivity index (χ2n) is 3.74. The van der Waals surface area contributed by atoms with Crippen LogP contribution in [0.15, 0.2) is 12.7 Å². The van der Waals surface area contributed by atoms with Crippen LogP contribution in [0.25, 0.3) is 0 Å².